The highest BCUT2D eigenvalue weighted by Gasteiger charge is 2.66. The minimum Gasteiger partial charge on any atom is -0.507 e. The molecular weight excluding hydrogens is 574 g/mol. The second-order valence-corrected chi connectivity index (χ2v) is 12.9. The first-order valence-corrected chi connectivity index (χ1v) is 16.0. The summed E-state index contributed by atoms with van der Waals surface area (Å²) in [5.41, 5.74) is 1.74. The van der Waals surface area contributed by atoms with Crippen LogP contribution in [-0.2, 0) is 24.6 Å². The molecule has 1 aliphatic heterocycles. The van der Waals surface area contributed by atoms with Gasteiger partial charge in [-0.3, -0.25) is 24.1 Å². The van der Waals surface area contributed by atoms with Gasteiger partial charge in [0.15, 0.2) is 11.6 Å². The van der Waals surface area contributed by atoms with E-state index >= 15 is 4.79 Å². The molecule has 2 amide bonds. The van der Waals surface area contributed by atoms with E-state index in [1.807, 2.05) is 103 Å². The molecule has 6 atom stereocenters. The molecule has 1 saturated heterocycles. The molecule has 1 heterocycles. The predicted octanol–water partition coefficient (Wildman–Crippen LogP) is 6.39. The van der Waals surface area contributed by atoms with Gasteiger partial charge in [-0.15, -0.1) is 0 Å². The van der Waals surface area contributed by atoms with Crippen LogP contribution in [0.2, 0.25) is 0 Å². The molecule has 8 rings (SSSR count). The number of imide groups is 1. The molecule has 2 fully saturated rings. The van der Waals surface area contributed by atoms with Crippen molar-refractivity contribution in [3.8, 4) is 5.75 Å². The van der Waals surface area contributed by atoms with Crippen LogP contribution >= 0.6 is 0 Å². The highest BCUT2D eigenvalue weighted by Crippen LogP contribution is 2.64. The van der Waals surface area contributed by atoms with Crippen molar-refractivity contribution >= 4 is 39.7 Å². The van der Waals surface area contributed by atoms with Crippen LogP contribution in [0.3, 0.4) is 0 Å². The second-order valence-electron chi connectivity index (χ2n) is 12.9. The molecular formula is C40H33NO5. The number of carbonyl (C=O) groups is 4. The highest BCUT2D eigenvalue weighted by molar-refractivity contribution is 6.31. The summed E-state index contributed by atoms with van der Waals surface area (Å²) in [5, 5.41) is 13.5. The number of allylic oxidation sites excluding steroid dienone is 4. The number of likely N-dealkylation sites (tertiary alicyclic amines) is 1. The third-order valence-corrected chi connectivity index (χ3v) is 11.0. The summed E-state index contributed by atoms with van der Waals surface area (Å²) in [7, 11) is 0. The highest BCUT2D eigenvalue weighted by atomic mass is 16.3. The third kappa shape index (κ3) is 3.76. The van der Waals surface area contributed by atoms with Crippen molar-refractivity contribution in [1.82, 2.24) is 4.90 Å². The van der Waals surface area contributed by atoms with Gasteiger partial charge in [0.2, 0.25) is 11.8 Å². The number of benzene rings is 4. The fraction of sp³-hybridized carbons (Fsp3) is 0.250. The molecule has 0 aromatic heterocycles. The lowest BCUT2D eigenvalue weighted by Crippen LogP contribution is -2.58. The number of fused-ring (bicyclic) bond motifs is 5. The first-order valence-electron chi connectivity index (χ1n) is 16.0. The lowest BCUT2D eigenvalue weighted by Gasteiger charge is -2.55. The van der Waals surface area contributed by atoms with Crippen molar-refractivity contribution < 1.29 is 24.3 Å². The van der Waals surface area contributed by atoms with E-state index in [-0.39, 0.29) is 42.1 Å². The number of ketones is 2. The Morgan fingerprint density at radius 1 is 0.804 bits per heavy atom. The van der Waals surface area contributed by atoms with Crippen molar-refractivity contribution in [1.29, 1.82) is 0 Å². The number of rotatable bonds is 4. The Balaban J connectivity index is 1.44. The van der Waals surface area contributed by atoms with Crippen LogP contribution in [0.4, 0.5) is 0 Å². The first-order chi connectivity index (χ1) is 22.4. The summed E-state index contributed by atoms with van der Waals surface area (Å²) in [5.74, 6) is -3.85. The van der Waals surface area contributed by atoms with E-state index in [1.54, 1.807) is 6.92 Å². The van der Waals surface area contributed by atoms with Crippen molar-refractivity contribution in [3.05, 3.63) is 131 Å². The molecule has 1 N–H and O–H groups in total. The van der Waals surface area contributed by atoms with E-state index in [4.69, 9.17) is 0 Å². The van der Waals surface area contributed by atoms with Crippen molar-refractivity contribution in [2.45, 2.75) is 31.1 Å². The summed E-state index contributed by atoms with van der Waals surface area (Å²) in [6.07, 6.45) is 4.15. The van der Waals surface area contributed by atoms with Gasteiger partial charge in [-0.05, 0) is 48.3 Å². The van der Waals surface area contributed by atoms with Gasteiger partial charge in [-0.25, -0.2) is 0 Å². The Bertz CT molecular complexity index is 2010. The molecule has 46 heavy (non-hydrogen) atoms. The van der Waals surface area contributed by atoms with E-state index < -0.39 is 35.0 Å². The Morgan fingerprint density at radius 3 is 2.24 bits per heavy atom. The summed E-state index contributed by atoms with van der Waals surface area (Å²) >= 11 is 0. The molecule has 1 saturated carbocycles. The predicted molar refractivity (Wildman–Crippen MR) is 175 cm³/mol. The Kier molecular flexibility index (Phi) is 6.47. The minimum absolute atomic E-state index is 0.0583. The molecule has 228 valence electrons. The zero-order valence-corrected chi connectivity index (χ0v) is 25.4. The number of Topliss-reactive ketones (excluding diaryl/α,β-unsaturated/α-hetero) is 1. The van der Waals surface area contributed by atoms with Gasteiger partial charge in [0.25, 0.3) is 0 Å². The number of aromatic hydroxyl groups is 1. The lowest BCUT2D eigenvalue weighted by molar-refractivity contribution is -0.140. The van der Waals surface area contributed by atoms with Gasteiger partial charge in [-0.1, -0.05) is 109 Å². The molecule has 6 heteroatoms. The maximum absolute atomic E-state index is 15.1. The van der Waals surface area contributed by atoms with Crippen LogP contribution in [-0.4, -0.2) is 39.9 Å². The van der Waals surface area contributed by atoms with Crippen molar-refractivity contribution in [3.63, 3.8) is 0 Å². The molecule has 4 aromatic carbocycles. The monoisotopic (exact) mass is 607 g/mol. The number of amides is 2. The zero-order valence-electron chi connectivity index (χ0n) is 25.4. The number of hydrogen-bond acceptors (Lipinski definition) is 5. The average Bonchev–Trinajstić information content (AvgIpc) is 3.35. The first kappa shape index (κ1) is 28.4. The topological polar surface area (TPSA) is 91.8 Å². The summed E-state index contributed by atoms with van der Waals surface area (Å²) in [4.78, 5) is 58.7. The molecule has 4 aromatic rings. The van der Waals surface area contributed by atoms with Crippen molar-refractivity contribution in [2.24, 2.45) is 23.7 Å². The fourth-order valence-electron chi connectivity index (χ4n) is 9.10. The molecule has 0 unspecified atom stereocenters. The molecule has 4 aliphatic rings. The van der Waals surface area contributed by atoms with Crippen LogP contribution in [0, 0.1) is 23.7 Å². The van der Waals surface area contributed by atoms with Gasteiger partial charge in [-0.2, -0.15) is 0 Å². The molecule has 3 aliphatic carbocycles. The summed E-state index contributed by atoms with van der Waals surface area (Å²) < 4.78 is 0. The van der Waals surface area contributed by atoms with E-state index in [0.717, 1.165) is 11.0 Å². The number of phenols is 1. The van der Waals surface area contributed by atoms with E-state index in [0.29, 0.717) is 34.1 Å². The smallest absolute Gasteiger partial charge is 0.233 e. The van der Waals surface area contributed by atoms with E-state index in [1.165, 1.54) is 11.0 Å². The normalized spacial score (nSPS) is 28.8. The second kappa shape index (κ2) is 10.5. The number of hydrogen-bond donors (Lipinski definition) is 1. The van der Waals surface area contributed by atoms with Gasteiger partial charge < -0.3 is 5.11 Å². The molecule has 6 nitrogen and oxygen atoms in total. The quantitative estimate of drug-likeness (QED) is 0.215. The molecule has 0 radical (unpaired) electrons. The minimum atomic E-state index is -1.37. The Morgan fingerprint density at radius 2 is 1.50 bits per heavy atom. The van der Waals surface area contributed by atoms with Crippen LogP contribution in [0.5, 0.6) is 5.75 Å². The maximum Gasteiger partial charge on any atom is 0.233 e. The largest absolute Gasteiger partial charge is 0.507 e. The van der Waals surface area contributed by atoms with E-state index in [2.05, 4.69) is 0 Å². The average molecular weight is 608 g/mol. The van der Waals surface area contributed by atoms with E-state index in [9.17, 15) is 19.5 Å². The standard InChI is InChI=1S/C40H33NO5/c1-2-41-38(45)28-20-19-27-31(34(28)39(41)46)21-32-37(44)30(23-11-5-3-6-12-23)22-33(42)40(32,25-14-7-4-8-15-25)35(27)29-18-17-24-13-9-10-16-26(24)36(29)43/h3-19,22,28,31-32,34-35,43H,2,20-21H2,1H3/t28-,31+,32-,34-,35+,40-/m0/s1. The van der Waals surface area contributed by atoms with Crippen LogP contribution in [0.15, 0.2) is 115 Å². The maximum atomic E-state index is 15.1. The number of phenolic OH excluding ortho intramolecular Hbond substituents is 1. The fourth-order valence-corrected chi connectivity index (χ4v) is 9.10. The molecule has 0 bridgehead atoms. The van der Waals surface area contributed by atoms with Gasteiger partial charge in [0.1, 0.15) is 5.75 Å². The third-order valence-electron chi connectivity index (χ3n) is 11.0. The number of nitrogens with zero attached hydrogens (tertiary/aromatic N) is 1. The lowest BCUT2D eigenvalue weighted by atomic mass is 9.44. The Hall–Kier alpha value is -5.10. The summed E-state index contributed by atoms with van der Waals surface area (Å²) in [6, 6.07) is 30.0. The number of carbonyl (C=O) groups excluding carboxylic acids is 4. The Labute approximate surface area is 267 Å². The van der Waals surface area contributed by atoms with Crippen LogP contribution < -0.4 is 0 Å². The zero-order chi connectivity index (χ0) is 31.7. The summed E-state index contributed by atoms with van der Waals surface area (Å²) in [6.45, 7) is 2.09. The van der Waals surface area contributed by atoms with Crippen LogP contribution in [0.1, 0.15) is 42.4 Å². The van der Waals surface area contributed by atoms with Crippen molar-refractivity contribution in [2.75, 3.05) is 6.54 Å². The van der Waals surface area contributed by atoms with Crippen LogP contribution in [0.25, 0.3) is 16.3 Å². The SMILES string of the molecule is CCN1C(=O)[C@H]2[C@H](CC=C3[C@H]2C[C@H]2C(=O)C(c4ccccc4)=CC(=O)[C@@]2(c2ccccc2)[C@H]3c2ccc3ccccc3c2O)C1=O. The van der Waals surface area contributed by atoms with Gasteiger partial charge in [0.05, 0.1) is 17.3 Å². The van der Waals surface area contributed by atoms with Gasteiger partial charge >= 0.3 is 0 Å². The van der Waals surface area contributed by atoms with Gasteiger partial charge in [0, 0.05) is 34.9 Å². The molecule has 0 spiro atoms.